The van der Waals surface area contributed by atoms with Crippen LogP contribution in [0.2, 0.25) is 0 Å². The maximum atomic E-state index is 13.8. The molecule has 0 saturated carbocycles. The molecule has 170 valence electrons. The number of nitrogens with one attached hydrogen (secondary N) is 2. The summed E-state index contributed by atoms with van der Waals surface area (Å²) in [4.78, 5) is 4.39. The summed E-state index contributed by atoms with van der Waals surface area (Å²) in [7, 11) is 0. The highest BCUT2D eigenvalue weighted by molar-refractivity contribution is 7.82. The van der Waals surface area contributed by atoms with Crippen molar-refractivity contribution in [3.05, 3.63) is 83.9 Å². The molecule has 0 amide bonds. The average molecular weight is 477 g/mol. The molecule has 0 saturated heterocycles. The van der Waals surface area contributed by atoms with Gasteiger partial charge in [-0.2, -0.15) is 0 Å². The molecule has 10 heteroatoms. The smallest absolute Gasteiger partial charge is 0.406 e. The normalized spacial score (nSPS) is 15.5. The molecule has 4 nitrogen and oxygen atoms in total. The van der Waals surface area contributed by atoms with Gasteiger partial charge in [-0.25, -0.2) is 8.78 Å². The van der Waals surface area contributed by atoms with E-state index in [1.807, 2.05) is 24.3 Å². The number of amidine groups is 1. The molecule has 0 aliphatic carbocycles. The lowest BCUT2D eigenvalue weighted by Crippen LogP contribution is -2.33. The van der Waals surface area contributed by atoms with Crippen LogP contribution in [0.5, 0.6) is 5.75 Å². The minimum Gasteiger partial charge on any atom is -0.406 e. The van der Waals surface area contributed by atoms with Crippen molar-refractivity contribution >= 4 is 28.7 Å². The number of rotatable bonds is 5. The quantitative estimate of drug-likeness (QED) is 0.349. The van der Waals surface area contributed by atoms with E-state index in [-0.39, 0.29) is 22.5 Å². The molecule has 1 aliphatic heterocycles. The molecular formula is C23H16F5N3OS. The topological polar surface area (TPSA) is 45.7 Å². The monoisotopic (exact) mass is 477 g/mol. The number of hydrogen-bond acceptors (Lipinski definition) is 4. The van der Waals surface area contributed by atoms with Gasteiger partial charge < -0.3 is 15.4 Å². The number of alkyl halides is 3. The fourth-order valence-corrected chi connectivity index (χ4v) is 3.54. The molecule has 3 aromatic carbocycles. The van der Waals surface area contributed by atoms with Gasteiger partial charge in [-0.3, -0.25) is 4.99 Å². The van der Waals surface area contributed by atoms with Gasteiger partial charge in [-0.1, -0.05) is 54.7 Å². The summed E-state index contributed by atoms with van der Waals surface area (Å²) in [6.07, 6.45) is -4.74. The fraction of sp³-hybridized carbons (Fsp3) is 0.130. The molecule has 0 radical (unpaired) electrons. The zero-order chi connectivity index (χ0) is 23.6. The van der Waals surface area contributed by atoms with Crippen LogP contribution in [-0.4, -0.2) is 23.7 Å². The maximum Gasteiger partial charge on any atom is 0.573 e. The number of thiocarbonyl (C=S) groups is 1. The second kappa shape index (κ2) is 9.14. The predicted molar refractivity (Wildman–Crippen MR) is 119 cm³/mol. The molecule has 2 N–H and O–H groups in total. The number of hydrogen-bond donors (Lipinski definition) is 2. The third-order valence-corrected chi connectivity index (χ3v) is 5.19. The largest absolute Gasteiger partial charge is 0.573 e. The molecule has 1 aliphatic rings. The first kappa shape index (κ1) is 22.7. The van der Waals surface area contributed by atoms with E-state index in [0.29, 0.717) is 12.4 Å². The van der Waals surface area contributed by atoms with Crippen molar-refractivity contribution in [3.8, 4) is 16.9 Å². The number of benzene rings is 3. The minimum absolute atomic E-state index is 0.0688. The molecule has 1 heterocycles. The van der Waals surface area contributed by atoms with Crippen LogP contribution < -0.4 is 15.4 Å². The first-order chi connectivity index (χ1) is 15.7. The van der Waals surface area contributed by atoms with Crippen molar-refractivity contribution in [1.29, 1.82) is 0 Å². The predicted octanol–water partition coefficient (Wildman–Crippen LogP) is 6.01. The van der Waals surface area contributed by atoms with Crippen LogP contribution in [0.4, 0.5) is 27.6 Å². The van der Waals surface area contributed by atoms with Crippen LogP contribution in [0, 0.1) is 11.6 Å². The lowest BCUT2D eigenvalue weighted by atomic mass is 10.0. The summed E-state index contributed by atoms with van der Waals surface area (Å²) in [5.41, 5.74) is 2.09. The number of para-hydroxylation sites is 1. The minimum atomic E-state index is -4.74. The van der Waals surface area contributed by atoms with Crippen LogP contribution in [0.15, 0.2) is 71.7 Å². The van der Waals surface area contributed by atoms with Crippen molar-refractivity contribution in [2.75, 3.05) is 11.9 Å². The zero-order valence-corrected chi connectivity index (χ0v) is 17.6. The van der Waals surface area contributed by atoms with Gasteiger partial charge in [0.05, 0.1) is 12.6 Å². The highest BCUT2D eigenvalue weighted by Gasteiger charge is 2.31. The summed E-state index contributed by atoms with van der Waals surface area (Å²) in [5.74, 6) is -1.49. The lowest BCUT2D eigenvalue weighted by Gasteiger charge is -2.15. The number of aliphatic imine (C=N–C) groups is 1. The van der Waals surface area contributed by atoms with Crippen LogP contribution in [0.25, 0.3) is 11.1 Å². The standard InChI is InChI=1S/C23H16F5N3OS/c24-17-2-1-3-18(25)20(17)31-22(33)21-29-12-19(30-21)15-6-4-13(5-7-15)14-8-10-16(11-9-14)32-23(26,27)28/h1-11,19H,12H2,(H,29,30)(H,31,33). The molecule has 0 fully saturated rings. The van der Waals surface area contributed by atoms with Crippen LogP contribution in [0.1, 0.15) is 11.6 Å². The number of halogens is 5. The van der Waals surface area contributed by atoms with Gasteiger partial charge in [0.2, 0.25) is 0 Å². The van der Waals surface area contributed by atoms with Gasteiger partial charge in [0.1, 0.15) is 28.1 Å². The summed E-state index contributed by atoms with van der Waals surface area (Å²) in [6, 6.07) is 16.3. The molecule has 4 rings (SSSR count). The van der Waals surface area contributed by atoms with E-state index < -0.39 is 18.0 Å². The lowest BCUT2D eigenvalue weighted by molar-refractivity contribution is -0.274. The van der Waals surface area contributed by atoms with Crippen molar-refractivity contribution in [3.63, 3.8) is 0 Å². The molecule has 0 spiro atoms. The molecule has 1 unspecified atom stereocenters. The Morgan fingerprint density at radius 3 is 2.09 bits per heavy atom. The SMILES string of the molecule is Fc1cccc(F)c1NC(=S)C1=NCC(c2ccc(-c3ccc(OC(F)(F)F)cc3)cc2)N1. The van der Waals surface area contributed by atoms with E-state index in [2.05, 4.69) is 20.4 Å². The van der Waals surface area contributed by atoms with E-state index in [9.17, 15) is 22.0 Å². The maximum absolute atomic E-state index is 13.8. The van der Waals surface area contributed by atoms with Gasteiger partial charge in [0.25, 0.3) is 0 Å². The van der Waals surface area contributed by atoms with Crippen molar-refractivity contribution < 1.29 is 26.7 Å². The number of nitrogens with zero attached hydrogens (tertiary/aromatic N) is 1. The van der Waals surface area contributed by atoms with Gasteiger partial charge in [-0.15, -0.1) is 13.2 Å². The molecule has 33 heavy (non-hydrogen) atoms. The Hall–Kier alpha value is -3.53. The molecule has 0 bridgehead atoms. The van der Waals surface area contributed by atoms with E-state index in [1.54, 1.807) is 0 Å². The first-order valence-electron chi connectivity index (χ1n) is 9.72. The Balaban J connectivity index is 1.39. The molecular weight excluding hydrogens is 461 g/mol. The average Bonchev–Trinajstić information content (AvgIpc) is 3.26. The van der Waals surface area contributed by atoms with Crippen molar-refractivity contribution in [2.24, 2.45) is 4.99 Å². The Morgan fingerprint density at radius 1 is 0.939 bits per heavy atom. The second-order valence-electron chi connectivity index (χ2n) is 7.13. The molecule has 0 aromatic heterocycles. The highest BCUT2D eigenvalue weighted by Crippen LogP contribution is 2.28. The summed E-state index contributed by atoms with van der Waals surface area (Å²) in [6.45, 7) is 0.375. The van der Waals surface area contributed by atoms with Crippen molar-refractivity contribution in [1.82, 2.24) is 5.32 Å². The Morgan fingerprint density at radius 2 is 1.52 bits per heavy atom. The van der Waals surface area contributed by atoms with Gasteiger partial charge >= 0.3 is 6.36 Å². The van der Waals surface area contributed by atoms with Gasteiger partial charge in [-0.05, 0) is 41.0 Å². The first-order valence-corrected chi connectivity index (χ1v) is 10.1. The van der Waals surface area contributed by atoms with E-state index in [4.69, 9.17) is 12.2 Å². The summed E-state index contributed by atoms with van der Waals surface area (Å²) < 4.78 is 68.4. The van der Waals surface area contributed by atoms with Crippen molar-refractivity contribution in [2.45, 2.75) is 12.4 Å². The Bertz CT molecular complexity index is 1170. The third kappa shape index (κ3) is 5.46. The Kier molecular flexibility index (Phi) is 6.28. The van der Waals surface area contributed by atoms with E-state index in [0.717, 1.165) is 28.8 Å². The zero-order valence-electron chi connectivity index (χ0n) is 16.8. The fourth-order valence-electron chi connectivity index (χ4n) is 3.31. The number of ether oxygens (including phenoxy) is 1. The summed E-state index contributed by atoms with van der Waals surface area (Å²) in [5, 5.41) is 5.68. The number of anilines is 1. The molecule has 3 aromatic rings. The molecule has 1 atom stereocenters. The van der Waals surface area contributed by atoms with Gasteiger partial charge in [0.15, 0.2) is 5.84 Å². The van der Waals surface area contributed by atoms with E-state index in [1.165, 1.54) is 30.3 Å². The van der Waals surface area contributed by atoms with Crippen LogP contribution >= 0.6 is 12.2 Å². The van der Waals surface area contributed by atoms with Gasteiger partial charge in [0, 0.05) is 0 Å². The summed E-state index contributed by atoms with van der Waals surface area (Å²) >= 11 is 5.23. The highest BCUT2D eigenvalue weighted by atomic mass is 32.1. The second-order valence-corrected chi connectivity index (χ2v) is 7.54. The Labute approximate surface area is 191 Å². The van der Waals surface area contributed by atoms with E-state index >= 15 is 0 Å². The van der Waals surface area contributed by atoms with Crippen LogP contribution in [-0.2, 0) is 0 Å². The van der Waals surface area contributed by atoms with Crippen LogP contribution in [0.3, 0.4) is 0 Å². The third-order valence-electron chi connectivity index (χ3n) is 4.89.